The molecule has 3 nitrogen and oxygen atoms in total. The number of carbonyl (C=O) groups excluding carboxylic acids is 1. The SMILES string of the molecule is O=C(NCCCC1CC1)c1nc(Cl)ccc1Cl. The average molecular weight is 273 g/mol. The van der Waals surface area contributed by atoms with Crippen LogP contribution in [-0.2, 0) is 0 Å². The van der Waals surface area contributed by atoms with Crippen molar-refractivity contribution < 1.29 is 4.79 Å². The summed E-state index contributed by atoms with van der Waals surface area (Å²) in [5, 5.41) is 3.41. The Bertz CT molecular complexity index is 419. The van der Waals surface area contributed by atoms with E-state index in [9.17, 15) is 4.79 Å². The molecule has 0 aromatic carbocycles. The summed E-state index contributed by atoms with van der Waals surface area (Å²) in [5.41, 5.74) is 0.200. The first-order valence-electron chi connectivity index (χ1n) is 5.77. The van der Waals surface area contributed by atoms with Crippen molar-refractivity contribution >= 4 is 29.1 Å². The second-order valence-electron chi connectivity index (χ2n) is 4.31. The van der Waals surface area contributed by atoms with E-state index >= 15 is 0 Å². The summed E-state index contributed by atoms with van der Waals surface area (Å²) in [6.07, 6.45) is 4.89. The van der Waals surface area contributed by atoms with Crippen LogP contribution in [0.4, 0.5) is 0 Å². The van der Waals surface area contributed by atoms with Gasteiger partial charge in [-0.05, 0) is 30.9 Å². The zero-order valence-corrected chi connectivity index (χ0v) is 10.9. The van der Waals surface area contributed by atoms with Gasteiger partial charge in [0.25, 0.3) is 5.91 Å². The third kappa shape index (κ3) is 3.86. The highest BCUT2D eigenvalue weighted by Crippen LogP contribution is 2.33. The fourth-order valence-electron chi connectivity index (χ4n) is 1.66. The van der Waals surface area contributed by atoms with Crippen LogP contribution in [0.1, 0.15) is 36.2 Å². The van der Waals surface area contributed by atoms with E-state index < -0.39 is 0 Å². The molecule has 2 rings (SSSR count). The zero-order chi connectivity index (χ0) is 12.3. The molecular formula is C12H14Cl2N2O. The largest absolute Gasteiger partial charge is 0.351 e. The van der Waals surface area contributed by atoms with Gasteiger partial charge in [0.1, 0.15) is 10.8 Å². The number of pyridine rings is 1. The van der Waals surface area contributed by atoms with Crippen molar-refractivity contribution in [3.05, 3.63) is 28.0 Å². The molecule has 1 aromatic heterocycles. The molecule has 5 heteroatoms. The third-order valence-electron chi connectivity index (χ3n) is 2.80. The Morgan fingerprint density at radius 3 is 2.88 bits per heavy atom. The molecule has 0 radical (unpaired) electrons. The quantitative estimate of drug-likeness (QED) is 0.660. The van der Waals surface area contributed by atoms with Crippen LogP contribution in [0.3, 0.4) is 0 Å². The highest BCUT2D eigenvalue weighted by molar-refractivity contribution is 6.34. The van der Waals surface area contributed by atoms with E-state index in [1.807, 2.05) is 0 Å². The summed E-state index contributed by atoms with van der Waals surface area (Å²) in [7, 11) is 0. The maximum absolute atomic E-state index is 11.8. The molecule has 1 fully saturated rings. The van der Waals surface area contributed by atoms with Crippen LogP contribution < -0.4 is 5.32 Å². The van der Waals surface area contributed by atoms with Crippen LogP contribution >= 0.6 is 23.2 Å². The Morgan fingerprint density at radius 2 is 2.18 bits per heavy atom. The molecule has 0 unspecified atom stereocenters. The molecule has 0 bridgehead atoms. The minimum atomic E-state index is -0.256. The normalized spacial score (nSPS) is 14.7. The van der Waals surface area contributed by atoms with Crippen molar-refractivity contribution in [2.75, 3.05) is 6.54 Å². The minimum Gasteiger partial charge on any atom is -0.351 e. The Labute approximate surface area is 111 Å². The fraction of sp³-hybridized carbons (Fsp3) is 0.500. The summed E-state index contributed by atoms with van der Waals surface area (Å²) >= 11 is 11.6. The summed E-state index contributed by atoms with van der Waals surface area (Å²) in [6, 6.07) is 3.14. The molecule has 0 atom stereocenters. The first-order valence-corrected chi connectivity index (χ1v) is 6.52. The highest BCUT2D eigenvalue weighted by Gasteiger charge is 2.20. The smallest absolute Gasteiger partial charge is 0.271 e. The lowest BCUT2D eigenvalue weighted by molar-refractivity contribution is 0.0948. The first kappa shape index (κ1) is 12.7. The second kappa shape index (κ2) is 5.69. The molecule has 1 heterocycles. The first-order chi connectivity index (χ1) is 8.16. The van der Waals surface area contributed by atoms with Gasteiger partial charge in [-0.15, -0.1) is 0 Å². The molecule has 1 amide bonds. The molecule has 1 saturated carbocycles. The summed E-state index contributed by atoms with van der Waals surface area (Å²) in [4.78, 5) is 15.7. The number of carbonyl (C=O) groups is 1. The molecule has 1 N–H and O–H groups in total. The fourth-order valence-corrected chi connectivity index (χ4v) is 2.00. The van der Waals surface area contributed by atoms with E-state index in [0.29, 0.717) is 11.6 Å². The predicted octanol–water partition coefficient (Wildman–Crippen LogP) is 3.31. The van der Waals surface area contributed by atoms with E-state index in [1.165, 1.54) is 19.3 Å². The topological polar surface area (TPSA) is 42.0 Å². The molecule has 1 aliphatic carbocycles. The number of hydrogen-bond donors (Lipinski definition) is 1. The maximum Gasteiger partial charge on any atom is 0.271 e. The van der Waals surface area contributed by atoms with Gasteiger partial charge in [-0.25, -0.2) is 4.98 Å². The van der Waals surface area contributed by atoms with Crippen LogP contribution in [0.5, 0.6) is 0 Å². The van der Waals surface area contributed by atoms with Crippen molar-refractivity contribution in [2.45, 2.75) is 25.7 Å². The number of nitrogens with zero attached hydrogens (tertiary/aromatic N) is 1. The third-order valence-corrected chi connectivity index (χ3v) is 3.31. The lowest BCUT2D eigenvalue weighted by Gasteiger charge is -2.05. The van der Waals surface area contributed by atoms with Gasteiger partial charge >= 0.3 is 0 Å². The van der Waals surface area contributed by atoms with Gasteiger partial charge < -0.3 is 5.32 Å². The lowest BCUT2D eigenvalue weighted by atomic mass is 10.2. The Balaban J connectivity index is 1.82. The monoisotopic (exact) mass is 272 g/mol. The van der Waals surface area contributed by atoms with Gasteiger partial charge in [-0.1, -0.05) is 36.0 Å². The van der Waals surface area contributed by atoms with E-state index in [0.717, 1.165) is 12.3 Å². The van der Waals surface area contributed by atoms with Gasteiger partial charge in [0.15, 0.2) is 0 Å². The van der Waals surface area contributed by atoms with Crippen molar-refractivity contribution in [1.82, 2.24) is 10.3 Å². The molecule has 0 aliphatic heterocycles. The lowest BCUT2D eigenvalue weighted by Crippen LogP contribution is -2.25. The van der Waals surface area contributed by atoms with E-state index in [4.69, 9.17) is 23.2 Å². The molecule has 1 aliphatic rings. The van der Waals surface area contributed by atoms with E-state index in [-0.39, 0.29) is 16.8 Å². The van der Waals surface area contributed by atoms with Gasteiger partial charge in [0.2, 0.25) is 0 Å². The van der Waals surface area contributed by atoms with Crippen molar-refractivity contribution in [1.29, 1.82) is 0 Å². The average Bonchev–Trinajstić information content (AvgIpc) is 3.11. The second-order valence-corrected chi connectivity index (χ2v) is 5.10. The highest BCUT2D eigenvalue weighted by atomic mass is 35.5. The number of amides is 1. The molecule has 0 spiro atoms. The maximum atomic E-state index is 11.8. The number of nitrogens with one attached hydrogen (secondary N) is 1. The number of hydrogen-bond acceptors (Lipinski definition) is 2. The van der Waals surface area contributed by atoms with Gasteiger partial charge in [-0.3, -0.25) is 4.79 Å². The number of aromatic nitrogens is 1. The summed E-state index contributed by atoms with van der Waals surface area (Å²) in [5.74, 6) is 0.632. The molecular weight excluding hydrogens is 259 g/mol. The number of rotatable bonds is 5. The van der Waals surface area contributed by atoms with Crippen LogP contribution in [0, 0.1) is 5.92 Å². The molecule has 0 saturated heterocycles. The van der Waals surface area contributed by atoms with Crippen molar-refractivity contribution in [3.8, 4) is 0 Å². The summed E-state index contributed by atoms with van der Waals surface area (Å²) < 4.78 is 0. The molecule has 92 valence electrons. The Morgan fingerprint density at radius 1 is 1.41 bits per heavy atom. The molecule has 1 aromatic rings. The van der Waals surface area contributed by atoms with Crippen LogP contribution in [0.2, 0.25) is 10.2 Å². The van der Waals surface area contributed by atoms with Crippen molar-refractivity contribution in [2.24, 2.45) is 5.92 Å². The zero-order valence-electron chi connectivity index (χ0n) is 9.38. The Kier molecular flexibility index (Phi) is 4.24. The standard InChI is InChI=1S/C12H14Cl2N2O/c13-9-5-6-10(14)16-11(9)12(17)15-7-1-2-8-3-4-8/h5-6,8H,1-4,7H2,(H,15,17). The van der Waals surface area contributed by atoms with Gasteiger partial charge in [0.05, 0.1) is 5.02 Å². The van der Waals surface area contributed by atoms with Crippen LogP contribution in [-0.4, -0.2) is 17.4 Å². The predicted molar refractivity (Wildman–Crippen MR) is 68.5 cm³/mol. The van der Waals surface area contributed by atoms with Crippen molar-refractivity contribution in [3.63, 3.8) is 0 Å². The van der Waals surface area contributed by atoms with Gasteiger partial charge in [-0.2, -0.15) is 0 Å². The molecule has 17 heavy (non-hydrogen) atoms. The Hall–Kier alpha value is -0.800. The van der Waals surface area contributed by atoms with E-state index in [2.05, 4.69) is 10.3 Å². The van der Waals surface area contributed by atoms with E-state index in [1.54, 1.807) is 12.1 Å². The number of halogens is 2. The summed E-state index contributed by atoms with van der Waals surface area (Å²) in [6.45, 7) is 0.667. The minimum absolute atomic E-state index is 0.200. The van der Waals surface area contributed by atoms with Crippen LogP contribution in [0.15, 0.2) is 12.1 Å². The van der Waals surface area contributed by atoms with Crippen LogP contribution in [0.25, 0.3) is 0 Å². The van der Waals surface area contributed by atoms with Gasteiger partial charge in [0, 0.05) is 6.54 Å².